The molecule has 0 unspecified atom stereocenters. The predicted molar refractivity (Wildman–Crippen MR) is 116 cm³/mol. The fraction of sp³-hybridized carbons (Fsp3) is 0.591. The first-order valence-electron chi connectivity index (χ1n) is 10.7. The summed E-state index contributed by atoms with van der Waals surface area (Å²) in [5.74, 6) is 1.27. The third-order valence-corrected chi connectivity index (χ3v) is 7.27. The maximum Gasteiger partial charge on any atom is 0.225 e. The standard InChI is InChI=1S/C22H30N4O2S/c1-16-14-23-21(29-16)25-19-9-5-8-18(24-19)22(15-27)10-12-26(13-11-22)20(28)17-6-3-2-4-7-17/h5,8-9,14,17,27H,2-4,6-7,10-13,15H2,1H3,(H,23,24,25). The molecule has 1 aliphatic heterocycles. The Kier molecular flexibility index (Phi) is 6.15. The van der Waals surface area contributed by atoms with E-state index in [2.05, 4.69) is 10.3 Å². The van der Waals surface area contributed by atoms with Crippen LogP contribution >= 0.6 is 11.3 Å². The molecule has 0 aromatic carbocycles. The van der Waals surface area contributed by atoms with Crippen molar-refractivity contribution in [2.24, 2.45) is 5.92 Å². The van der Waals surface area contributed by atoms with Gasteiger partial charge >= 0.3 is 0 Å². The van der Waals surface area contributed by atoms with E-state index in [9.17, 15) is 9.90 Å². The number of pyridine rings is 1. The lowest BCUT2D eigenvalue weighted by molar-refractivity contribution is -0.138. The molecule has 1 amide bonds. The van der Waals surface area contributed by atoms with E-state index in [1.807, 2.05) is 36.2 Å². The molecule has 1 saturated carbocycles. The molecule has 2 aromatic heterocycles. The molecule has 29 heavy (non-hydrogen) atoms. The lowest BCUT2D eigenvalue weighted by Crippen LogP contribution is -2.49. The Labute approximate surface area is 176 Å². The molecular weight excluding hydrogens is 384 g/mol. The summed E-state index contributed by atoms with van der Waals surface area (Å²) in [5.41, 5.74) is 0.503. The van der Waals surface area contributed by atoms with E-state index in [1.54, 1.807) is 11.3 Å². The van der Waals surface area contributed by atoms with Crippen LogP contribution in [0.1, 0.15) is 55.5 Å². The van der Waals surface area contributed by atoms with Crippen molar-refractivity contribution in [3.05, 3.63) is 35.0 Å². The number of carbonyl (C=O) groups excluding carboxylic acids is 1. The van der Waals surface area contributed by atoms with Gasteiger partial charge in [0.15, 0.2) is 5.13 Å². The lowest BCUT2D eigenvalue weighted by Gasteiger charge is -2.41. The van der Waals surface area contributed by atoms with Crippen LogP contribution in [0.4, 0.5) is 10.9 Å². The third-order valence-electron chi connectivity index (χ3n) is 6.44. The van der Waals surface area contributed by atoms with Crippen molar-refractivity contribution >= 4 is 28.2 Å². The molecule has 1 aliphatic carbocycles. The van der Waals surface area contributed by atoms with Gasteiger partial charge in [-0.25, -0.2) is 9.97 Å². The van der Waals surface area contributed by atoms with Crippen LogP contribution in [0.15, 0.2) is 24.4 Å². The Morgan fingerprint density at radius 3 is 2.69 bits per heavy atom. The molecule has 0 radical (unpaired) electrons. The summed E-state index contributed by atoms with van der Waals surface area (Å²) in [7, 11) is 0. The molecule has 2 aromatic rings. The molecule has 2 aliphatic rings. The first kappa shape index (κ1) is 20.3. The second-order valence-corrected chi connectivity index (χ2v) is 9.64. The van der Waals surface area contributed by atoms with Crippen molar-refractivity contribution < 1.29 is 9.90 Å². The van der Waals surface area contributed by atoms with Crippen molar-refractivity contribution in [2.75, 3.05) is 25.0 Å². The van der Waals surface area contributed by atoms with E-state index in [0.717, 1.165) is 47.2 Å². The number of thiazole rings is 1. The quantitative estimate of drug-likeness (QED) is 0.772. The number of rotatable bonds is 5. The number of nitrogens with zero attached hydrogens (tertiary/aromatic N) is 3. The van der Waals surface area contributed by atoms with Gasteiger partial charge in [0, 0.05) is 35.5 Å². The molecule has 0 bridgehead atoms. The predicted octanol–water partition coefficient (Wildman–Crippen LogP) is 4.02. The van der Waals surface area contributed by atoms with Crippen molar-refractivity contribution in [3.8, 4) is 0 Å². The molecule has 156 valence electrons. The fourth-order valence-electron chi connectivity index (χ4n) is 4.58. The van der Waals surface area contributed by atoms with Gasteiger partial charge in [-0.15, -0.1) is 11.3 Å². The summed E-state index contributed by atoms with van der Waals surface area (Å²) in [5, 5.41) is 14.4. The first-order chi connectivity index (χ1) is 14.1. The Bertz CT molecular complexity index is 839. The minimum Gasteiger partial charge on any atom is -0.395 e. The zero-order chi connectivity index (χ0) is 20.3. The van der Waals surface area contributed by atoms with E-state index >= 15 is 0 Å². The number of hydrogen-bond donors (Lipinski definition) is 2. The van der Waals surface area contributed by atoms with Crippen molar-refractivity contribution in [2.45, 2.75) is 57.3 Å². The molecule has 7 heteroatoms. The molecule has 3 heterocycles. The topological polar surface area (TPSA) is 78.4 Å². The van der Waals surface area contributed by atoms with Gasteiger partial charge in [-0.3, -0.25) is 4.79 Å². The third kappa shape index (κ3) is 4.46. The number of anilines is 2. The first-order valence-corrected chi connectivity index (χ1v) is 11.5. The number of carbonyl (C=O) groups is 1. The average Bonchev–Trinajstić information content (AvgIpc) is 3.18. The highest BCUT2D eigenvalue weighted by molar-refractivity contribution is 7.15. The highest BCUT2D eigenvalue weighted by Gasteiger charge is 2.39. The summed E-state index contributed by atoms with van der Waals surface area (Å²) in [6.45, 7) is 3.46. The zero-order valence-electron chi connectivity index (χ0n) is 17.1. The number of nitrogens with one attached hydrogen (secondary N) is 1. The average molecular weight is 415 g/mol. The van der Waals surface area contributed by atoms with Crippen LogP contribution < -0.4 is 5.32 Å². The van der Waals surface area contributed by atoms with Gasteiger partial charge in [-0.1, -0.05) is 25.3 Å². The number of amides is 1. The van der Waals surface area contributed by atoms with Crippen LogP contribution in [-0.2, 0) is 10.2 Å². The normalized spacial score (nSPS) is 19.9. The van der Waals surface area contributed by atoms with Gasteiger partial charge in [0.05, 0.1) is 12.3 Å². The number of aromatic nitrogens is 2. The smallest absolute Gasteiger partial charge is 0.225 e. The van der Waals surface area contributed by atoms with Gasteiger partial charge in [0.2, 0.25) is 5.91 Å². The summed E-state index contributed by atoms with van der Waals surface area (Å²) < 4.78 is 0. The van der Waals surface area contributed by atoms with E-state index in [-0.39, 0.29) is 17.9 Å². The van der Waals surface area contributed by atoms with Gasteiger partial charge in [-0.05, 0) is 44.7 Å². The maximum atomic E-state index is 12.9. The minimum atomic E-state index is -0.389. The molecular formula is C22H30N4O2S. The largest absolute Gasteiger partial charge is 0.395 e. The Morgan fingerprint density at radius 2 is 2.03 bits per heavy atom. The molecule has 0 atom stereocenters. The molecule has 4 rings (SSSR count). The Morgan fingerprint density at radius 1 is 1.28 bits per heavy atom. The summed E-state index contributed by atoms with van der Waals surface area (Å²) in [4.78, 5) is 25.2. The minimum absolute atomic E-state index is 0.0469. The van der Waals surface area contributed by atoms with Crippen molar-refractivity contribution in [1.82, 2.24) is 14.9 Å². The highest BCUT2D eigenvalue weighted by Crippen LogP contribution is 2.36. The van der Waals surface area contributed by atoms with Crippen LogP contribution in [-0.4, -0.2) is 45.6 Å². The van der Waals surface area contributed by atoms with Gasteiger partial charge < -0.3 is 15.3 Å². The van der Waals surface area contributed by atoms with E-state index in [4.69, 9.17) is 4.98 Å². The second-order valence-electron chi connectivity index (χ2n) is 8.41. The summed E-state index contributed by atoms with van der Waals surface area (Å²) in [6, 6.07) is 5.89. The van der Waals surface area contributed by atoms with Crippen LogP contribution in [0.5, 0.6) is 0 Å². The van der Waals surface area contributed by atoms with Crippen molar-refractivity contribution in [1.29, 1.82) is 0 Å². The molecule has 0 spiro atoms. The molecule has 1 saturated heterocycles. The van der Waals surface area contributed by atoms with Gasteiger partial charge in [0.1, 0.15) is 5.82 Å². The van der Waals surface area contributed by atoms with Crippen molar-refractivity contribution in [3.63, 3.8) is 0 Å². The Hall–Kier alpha value is -1.99. The van der Waals surface area contributed by atoms with E-state index in [0.29, 0.717) is 19.0 Å². The number of likely N-dealkylation sites (tertiary alicyclic amines) is 1. The summed E-state index contributed by atoms with van der Waals surface area (Å²) in [6.07, 6.45) is 9.00. The van der Waals surface area contributed by atoms with Crippen LogP contribution in [0.3, 0.4) is 0 Å². The highest BCUT2D eigenvalue weighted by atomic mass is 32.1. The van der Waals surface area contributed by atoms with E-state index in [1.165, 1.54) is 19.3 Å². The number of hydrogen-bond acceptors (Lipinski definition) is 6. The van der Waals surface area contributed by atoms with Crippen LogP contribution in [0, 0.1) is 12.8 Å². The molecule has 2 N–H and O–H groups in total. The van der Waals surface area contributed by atoms with Crippen LogP contribution in [0.2, 0.25) is 0 Å². The zero-order valence-corrected chi connectivity index (χ0v) is 17.9. The maximum absolute atomic E-state index is 12.9. The second kappa shape index (κ2) is 8.79. The molecule has 6 nitrogen and oxygen atoms in total. The lowest BCUT2D eigenvalue weighted by atomic mass is 9.75. The van der Waals surface area contributed by atoms with E-state index < -0.39 is 0 Å². The summed E-state index contributed by atoms with van der Waals surface area (Å²) >= 11 is 1.59. The monoisotopic (exact) mass is 414 g/mol. The number of aryl methyl sites for hydroxylation is 1. The Balaban J connectivity index is 1.44. The molecule has 2 fully saturated rings. The number of aliphatic hydroxyl groups excluding tert-OH is 1. The SMILES string of the molecule is Cc1cnc(Nc2cccc(C3(CO)CCN(C(=O)C4CCCCC4)CC3)n2)s1. The number of piperidine rings is 1. The fourth-order valence-corrected chi connectivity index (χ4v) is 5.25. The van der Waals surface area contributed by atoms with Gasteiger partial charge in [-0.2, -0.15) is 0 Å². The van der Waals surface area contributed by atoms with Gasteiger partial charge in [0.25, 0.3) is 0 Å². The number of aliphatic hydroxyl groups is 1. The van der Waals surface area contributed by atoms with Crippen LogP contribution in [0.25, 0.3) is 0 Å².